The average Bonchev–Trinajstić information content (AvgIpc) is 2.64. The lowest BCUT2D eigenvalue weighted by atomic mass is 9.87. The highest BCUT2D eigenvalue weighted by Gasteiger charge is 2.20. The van der Waals surface area contributed by atoms with Gasteiger partial charge in [-0.3, -0.25) is 0 Å². The van der Waals surface area contributed by atoms with Crippen molar-refractivity contribution in [3.8, 4) is 5.88 Å². The van der Waals surface area contributed by atoms with Gasteiger partial charge in [-0.05, 0) is 51.2 Å². The molecule has 1 heterocycles. The molecule has 0 spiro atoms. The first-order valence-corrected chi connectivity index (χ1v) is 8.82. The minimum atomic E-state index is 0.285. The molecule has 0 saturated carbocycles. The van der Waals surface area contributed by atoms with Crippen molar-refractivity contribution in [2.75, 3.05) is 27.7 Å². The second-order valence-corrected chi connectivity index (χ2v) is 6.69. The van der Waals surface area contributed by atoms with Crippen LogP contribution in [0.25, 0.3) is 10.9 Å². The number of aromatic nitrogens is 1. The quantitative estimate of drug-likeness (QED) is 0.625. The Hall–Kier alpha value is -2.39. The summed E-state index contributed by atoms with van der Waals surface area (Å²) in [6, 6.07) is 21.2. The number of pyridine rings is 1. The highest BCUT2D eigenvalue weighted by Crippen LogP contribution is 2.36. The van der Waals surface area contributed by atoms with Gasteiger partial charge in [0.05, 0.1) is 12.6 Å². The highest BCUT2D eigenvalue weighted by atomic mass is 16.5. The summed E-state index contributed by atoms with van der Waals surface area (Å²) in [6.07, 6.45) is 2.20. The predicted octanol–water partition coefficient (Wildman–Crippen LogP) is 4.72. The maximum atomic E-state index is 5.66. The van der Waals surface area contributed by atoms with E-state index in [1.807, 2.05) is 12.1 Å². The molecule has 0 aliphatic rings. The molecule has 0 N–H and O–H groups in total. The van der Waals surface area contributed by atoms with E-state index in [0.717, 1.165) is 36.2 Å². The molecule has 3 rings (SSSR count). The van der Waals surface area contributed by atoms with Crippen LogP contribution in [0.4, 0.5) is 0 Å². The number of hydrogen-bond acceptors (Lipinski definition) is 3. The molecule has 1 aromatic heterocycles. The first-order chi connectivity index (χ1) is 12.2. The summed E-state index contributed by atoms with van der Waals surface area (Å²) in [5.74, 6) is 1.02. The molecular weight excluding hydrogens is 308 g/mol. The number of ether oxygens (including phenoxy) is 1. The molecular formula is C22H26N2O. The lowest BCUT2D eigenvalue weighted by Crippen LogP contribution is -2.14. The number of para-hydroxylation sites is 1. The molecule has 0 radical (unpaired) electrons. The van der Waals surface area contributed by atoms with Gasteiger partial charge in [0, 0.05) is 16.9 Å². The molecule has 1 unspecified atom stereocenters. The molecule has 0 amide bonds. The Balaban J connectivity index is 2.03. The van der Waals surface area contributed by atoms with Gasteiger partial charge in [0.1, 0.15) is 0 Å². The van der Waals surface area contributed by atoms with Gasteiger partial charge < -0.3 is 9.64 Å². The molecule has 0 aliphatic carbocycles. The first-order valence-electron chi connectivity index (χ1n) is 8.82. The molecule has 3 aromatic rings. The Labute approximate surface area is 150 Å². The van der Waals surface area contributed by atoms with Crippen molar-refractivity contribution in [1.29, 1.82) is 0 Å². The molecule has 3 heteroatoms. The lowest BCUT2D eigenvalue weighted by Gasteiger charge is -2.21. The van der Waals surface area contributed by atoms with E-state index in [2.05, 4.69) is 67.5 Å². The van der Waals surface area contributed by atoms with E-state index in [-0.39, 0.29) is 5.92 Å². The maximum Gasteiger partial charge on any atom is 0.217 e. The van der Waals surface area contributed by atoms with E-state index >= 15 is 0 Å². The average molecular weight is 334 g/mol. The van der Waals surface area contributed by atoms with E-state index in [9.17, 15) is 0 Å². The molecule has 25 heavy (non-hydrogen) atoms. The monoisotopic (exact) mass is 334 g/mol. The first kappa shape index (κ1) is 17.4. The molecule has 0 aliphatic heterocycles. The van der Waals surface area contributed by atoms with Crippen LogP contribution in [-0.4, -0.2) is 37.6 Å². The molecule has 0 fully saturated rings. The van der Waals surface area contributed by atoms with Crippen LogP contribution in [0.3, 0.4) is 0 Å². The Morgan fingerprint density at radius 2 is 1.72 bits per heavy atom. The fourth-order valence-corrected chi connectivity index (χ4v) is 3.33. The van der Waals surface area contributed by atoms with Crippen LogP contribution in [0.15, 0.2) is 60.7 Å². The van der Waals surface area contributed by atoms with Crippen molar-refractivity contribution >= 4 is 10.9 Å². The molecule has 0 bridgehead atoms. The number of nitrogens with zero attached hydrogens (tertiary/aromatic N) is 2. The van der Waals surface area contributed by atoms with E-state index in [1.54, 1.807) is 7.11 Å². The van der Waals surface area contributed by atoms with Gasteiger partial charge in [0.2, 0.25) is 5.88 Å². The molecule has 130 valence electrons. The topological polar surface area (TPSA) is 25.4 Å². The minimum absolute atomic E-state index is 0.285. The normalized spacial score (nSPS) is 12.5. The van der Waals surface area contributed by atoms with Crippen molar-refractivity contribution in [2.45, 2.75) is 18.8 Å². The van der Waals surface area contributed by atoms with Crippen molar-refractivity contribution in [1.82, 2.24) is 9.88 Å². The second kappa shape index (κ2) is 8.13. The van der Waals surface area contributed by atoms with Gasteiger partial charge in [-0.1, -0.05) is 48.5 Å². The standard InChI is InChI=1S/C22H26N2O/c1-24(2)15-9-13-19(17-10-5-4-6-11-17)20-16-18-12-7-8-14-21(18)23-22(20)25-3/h4-8,10-12,14,16,19H,9,13,15H2,1-3H3. The molecule has 3 nitrogen and oxygen atoms in total. The molecule has 2 aromatic carbocycles. The number of hydrogen-bond donors (Lipinski definition) is 0. The fourth-order valence-electron chi connectivity index (χ4n) is 3.33. The summed E-state index contributed by atoms with van der Waals surface area (Å²) in [4.78, 5) is 6.98. The number of rotatable bonds is 7. The summed E-state index contributed by atoms with van der Waals surface area (Å²) in [5, 5.41) is 1.16. The minimum Gasteiger partial charge on any atom is -0.481 e. The summed E-state index contributed by atoms with van der Waals surface area (Å²) < 4.78 is 5.66. The second-order valence-electron chi connectivity index (χ2n) is 6.69. The van der Waals surface area contributed by atoms with Crippen LogP contribution in [0.5, 0.6) is 5.88 Å². The van der Waals surface area contributed by atoms with Crippen LogP contribution in [0.2, 0.25) is 0 Å². The third-order valence-electron chi connectivity index (χ3n) is 4.59. The summed E-state index contributed by atoms with van der Waals surface area (Å²) in [7, 11) is 5.95. The van der Waals surface area contributed by atoms with Gasteiger partial charge in [0.25, 0.3) is 0 Å². The van der Waals surface area contributed by atoms with E-state index in [4.69, 9.17) is 9.72 Å². The van der Waals surface area contributed by atoms with Crippen LogP contribution in [0.1, 0.15) is 29.9 Å². The summed E-state index contributed by atoms with van der Waals surface area (Å²) in [5.41, 5.74) is 3.46. The van der Waals surface area contributed by atoms with Gasteiger partial charge in [-0.25, -0.2) is 4.98 Å². The Kier molecular flexibility index (Phi) is 5.67. The third kappa shape index (κ3) is 4.18. The third-order valence-corrected chi connectivity index (χ3v) is 4.59. The largest absolute Gasteiger partial charge is 0.481 e. The smallest absolute Gasteiger partial charge is 0.217 e. The van der Waals surface area contributed by atoms with Crippen LogP contribution >= 0.6 is 0 Å². The summed E-state index contributed by atoms with van der Waals surface area (Å²) >= 11 is 0. The van der Waals surface area contributed by atoms with Crippen LogP contribution in [-0.2, 0) is 0 Å². The van der Waals surface area contributed by atoms with Gasteiger partial charge in [-0.2, -0.15) is 0 Å². The maximum absolute atomic E-state index is 5.66. The molecule has 0 saturated heterocycles. The zero-order valence-electron chi connectivity index (χ0n) is 15.3. The van der Waals surface area contributed by atoms with E-state index in [1.165, 1.54) is 11.1 Å². The molecule has 1 atom stereocenters. The van der Waals surface area contributed by atoms with Gasteiger partial charge in [0.15, 0.2) is 0 Å². The predicted molar refractivity (Wildman–Crippen MR) is 104 cm³/mol. The van der Waals surface area contributed by atoms with Crippen molar-refractivity contribution in [2.24, 2.45) is 0 Å². The van der Waals surface area contributed by atoms with Crippen molar-refractivity contribution in [3.05, 3.63) is 71.8 Å². The zero-order valence-corrected chi connectivity index (χ0v) is 15.3. The van der Waals surface area contributed by atoms with Gasteiger partial charge >= 0.3 is 0 Å². The van der Waals surface area contributed by atoms with E-state index < -0.39 is 0 Å². The van der Waals surface area contributed by atoms with Crippen LogP contribution in [0, 0.1) is 0 Å². The number of fused-ring (bicyclic) bond motifs is 1. The zero-order chi connectivity index (χ0) is 17.6. The Morgan fingerprint density at radius 1 is 1.00 bits per heavy atom. The van der Waals surface area contributed by atoms with Gasteiger partial charge in [-0.15, -0.1) is 0 Å². The lowest BCUT2D eigenvalue weighted by molar-refractivity contribution is 0.378. The number of methoxy groups -OCH3 is 1. The van der Waals surface area contributed by atoms with E-state index in [0.29, 0.717) is 0 Å². The van der Waals surface area contributed by atoms with Crippen molar-refractivity contribution < 1.29 is 4.74 Å². The van der Waals surface area contributed by atoms with Crippen molar-refractivity contribution in [3.63, 3.8) is 0 Å². The fraction of sp³-hybridized carbons (Fsp3) is 0.318. The Morgan fingerprint density at radius 3 is 2.44 bits per heavy atom. The Bertz CT molecular complexity index is 815. The SMILES string of the molecule is COc1nc2ccccc2cc1C(CCCN(C)C)c1ccccc1. The highest BCUT2D eigenvalue weighted by molar-refractivity contribution is 5.80. The summed E-state index contributed by atoms with van der Waals surface area (Å²) in [6.45, 7) is 1.08. The number of benzene rings is 2. The van der Waals surface area contributed by atoms with Crippen LogP contribution < -0.4 is 4.74 Å².